The van der Waals surface area contributed by atoms with Gasteiger partial charge < -0.3 is 5.32 Å². The van der Waals surface area contributed by atoms with Crippen LogP contribution in [-0.2, 0) is 0 Å². The molecule has 0 aromatic rings. The first-order valence-corrected chi connectivity index (χ1v) is 6.16. The van der Waals surface area contributed by atoms with E-state index in [2.05, 4.69) is 24.1 Å². The van der Waals surface area contributed by atoms with Gasteiger partial charge in [-0.2, -0.15) is 0 Å². The molecule has 0 aromatic heterocycles. The highest BCUT2D eigenvalue weighted by Crippen LogP contribution is 2.37. The van der Waals surface area contributed by atoms with Crippen molar-refractivity contribution in [3.63, 3.8) is 0 Å². The summed E-state index contributed by atoms with van der Waals surface area (Å²) in [6.07, 6.45) is 5.61. The summed E-state index contributed by atoms with van der Waals surface area (Å²) in [6, 6.07) is 0. The summed E-state index contributed by atoms with van der Waals surface area (Å²) >= 11 is 0. The van der Waals surface area contributed by atoms with Gasteiger partial charge in [-0.25, -0.2) is 0 Å². The van der Waals surface area contributed by atoms with Crippen molar-refractivity contribution in [2.45, 2.75) is 45.1 Å². The normalized spacial score (nSPS) is 34.3. The van der Waals surface area contributed by atoms with Gasteiger partial charge in [-0.05, 0) is 58.2 Å². The van der Waals surface area contributed by atoms with Gasteiger partial charge in [0.2, 0.25) is 0 Å². The minimum Gasteiger partial charge on any atom is -0.316 e. The first-order valence-electron chi connectivity index (χ1n) is 6.16. The van der Waals surface area contributed by atoms with Crippen LogP contribution in [0.4, 0.5) is 0 Å². The molecule has 0 spiro atoms. The van der Waals surface area contributed by atoms with Gasteiger partial charge in [-0.3, -0.25) is 4.90 Å². The predicted molar refractivity (Wildman–Crippen MR) is 60.5 cm³/mol. The first-order chi connectivity index (χ1) is 6.71. The summed E-state index contributed by atoms with van der Waals surface area (Å²) in [7, 11) is 0. The predicted octanol–water partition coefficient (Wildman–Crippen LogP) is 1.86. The Kier molecular flexibility index (Phi) is 3.13. The van der Waals surface area contributed by atoms with Gasteiger partial charge in [0, 0.05) is 12.1 Å². The molecule has 82 valence electrons. The van der Waals surface area contributed by atoms with Crippen LogP contribution in [0.15, 0.2) is 0 Å². The largest absolute Gasteiger partial charge is 0.316 e. The quantitative estimate of drug-likeness (QED) is 0.688. The highest BCUT2D eigenvalue weighted by Gasteiger charge is 2.37. The Bertz CT molecular complexity index is 187. The lowest BCUT2D eigenvalue weighted by Crippen LogP contribution is -2.54. The van der Waals surface area contributed by atoms with Crippen LogP contribution in [0.3, 0.4) is 0 Å². The molecule has 1 atom stereocenters. The van der Waals surface area contributed by atoms with Crippen LogP contribution in [0.25, 0.3) is 0 Å². The number of rotatable bonds is 1. The molecule has 2 nitrogen and oxygen atoms in total. The van der Waals surface area contributed by atoms with E-state index in [-0.39, 0.29) is 0 Å². The van der Waals surface area contributed by atoms with E-state index in [9.17, 15) is 0 Å². The van der Waals surface area contributed by atoms with Gasteiger partial charge >= 0.3 is 0 Å². The fourth-order valence-electron chi connectivity index (χ4n) is 2.77. The SMILES string of the molecule is CC1CNCCCN(C2(C)CCC2)C1. The molecule has 1 heterocycles. The Morgan fingerprint density at radius 2 is 2.07 bits per heavy atom. The second-order valence-corrected chi connectivity index (χ2v) is 5.46. The molecule has 1 N–H and O–H groups in total. The van der Waals surface area contributed by atoms with E-state index in [1.165, 1.54) is 51.9 Å². The Labute approximate surface area is 88.1 Å². The lowest BCUT2D eigenvalue weighted by atomic mass is 9.76. The van der Waals surface area contributed by atoms with Crippen LogP contribution >= 0.6 is 0 Å². The molecular weight excluding hydrogens is 172 g/mol. The summed E-state index contributed by atoms with van der Waals surface area (Å²) in [4.78, 5) is 2.75. The molecule has 2 aliphatic rings. The lowest BCUT2D eigenvalue weighted by molar-refractivity contribution is 0.0165. The number of hydrogen-bond acceptors (Lipinski definition) is 2. The second-order valence-electron chi connectivity index (χ2n) is 5.46. The standard InChI is InChI=1S/C12H24N2/c1-11-9-13-7-4-8-14(10-11)12(2)5-3-6-12/h11,13H,3-10H2,1-2H3. The molecule has 2 rings (SSSR count). The highest BCUT2D eigenvalue weighted by molar-refractivity contribution is 4.94. The van der Waals surface area contributed by atoms with E-state index < -0.39 is 0 Å². The fraction of sp³-hybridized carbons (Fsp3) is 1.00. The second kappa shape index (κ2) is 4.19. The molecule has 1 unspecified atom stereocenters. The van der Waals surface area contributed by atoms with Crippen molar-refractivity contribution in [2.24, 2.45) is 5.92 Å². The van der Waals surface area contributed by atoms with Gasteiger partial charge in [-0.1, -0.05) is 6.92 Å². The van der Waals surface area contributed by atoms with Crippen molar-refractivity contribution in [3.8, 4) is 0 Å². The third-order valence-electron chi connectivity index (χ3n) is 4.00. The summed E-state index contributed by atoms with van der Waals surface area (Å²) in [5.74, 6) is 0.813. The van der Waals surface area contributed by atoms with Crippen molar-refractivity contribution in [1.82, 2.24) is 10.2 Å². The van der Waals surface area contributed by atoms with E-state index in [4.69, 9.17) is 0 Å². The maximum atomic E-state index is 3.52. The third kappa shape index (κ3) is 2.12. The topological polar surface area (TPSA) is 15.3 Å². The molecule has 1 aliphatic heterocycles. The molecule has 2 heteroatoms. The Balaban J connectivity index is 1.93. The maximum Gasteiger partial charge on any atom is 0.0181 e. The van der Waals surface area contributed by atoms with Crippen LogP contribution in [-0.4, -0.2) is 36.6 Å². The molecule has 0 amide bonds. The van der Waals surface area contributed by atoms with E-state index in [1.807, 2.05) is 0 Å². The summed E-state index contributed by atoms with van der Waals surface area (Å²) in [6.45, 7) is 9.83. The molecule has 14 heavy (non-hydrogen) atoms. The first kappa shape index (κ1) is 10.4. The number of nitrogens with zero attached hydrogens (tertiary/aromatic N) is 1. The third-order valence-corrected chi connectivity index (χ3v) is 4.00. The van der Waals surface area contributed by atoms with Crippen LogP contribution in [0.1, 0.15) is 39.5 Å². The van der Waals surface area contributed by atoms with Crippen molar-refractivity contribution in [3.05, 3.63) is 0 Å². The zero-order valence-corrected chi connectivity index (χ0v) is 9.68. The fourth-order valence-corrected chi connectivity index (χ4v) is 2.77. The Morgan fingerprint density at radius 1 is 1.29 bits per heavy atom. The number of nitrogens with one attached hydrogen (secondary N) is 1. The molecular formula is C12H24N2. The van der Waals surface area contributed by atoms with Crippen LogP contribution in [0, 0.1) is 5.92 Å². The molecule has 1 saturated carbocycles. The molecule has 0 radical (unpaired) electrons. The molecule has 0 aromatic carbocycles. The van der Waals surface area contributed by atoms with Gasteiger partial charge in [0.1, 0.15) is 0 Å². The Hall–Kier alpha value is -0.0800. The van der Waals surface area contributed by atoms with Crippen LogP contribution < -0.4 is 5.32 Å². The lowest BCUT2D eigenvalue weighted by Gasteiger charge is -2.49. The van der Waals surface area contributed by atoms with E-state index in [0.29, 0.717) is 5.54 Å². The maximum absolute atomic E-state index is 3.52. The van der Waals surface area contributed by atoms with Crippen LogP contribution in [0.2, 0.25) is 0 Å². The molecule has 2 fully saturated rings. The van der Waals surface area contributed by atoms with Gasteiger partial charge in [0.25, 0.3) is 0 Å². The van der Waals surface area contributed by atoms with E-state index in [0.717, 1.165) is 5.92 Å². The molecule has 1 saturated heterocycles. The summed E-state index contributed by atoms with van der Waals surface area (Å²) in [5.41, 5.74) is 0.561. The van der Waals surface area contributed by atoms with Crippen molar-refractivity contribution in [1.29, 1.82) is 0 Å². The van der Waals surface area contributed by atoms with E-state index >= 15 is 0 Å². The van der Waals surface area contributed by atoms with Gasteiger partial charge in [0.15, 0.2) is 0 Å². The van der Waals surface area contributed by atoms with Gasteiger partial charge in [0.05, 0.1) is 0 Å². The Morgan fingerprint density at radius 3 is 2.71 bits per heavy atom. The highest BCUT2D eigenvalue weighted by atomic mass is 15.2. The minimum atomic E-state index is 0.561. The zero-order chi connectivity index (χ0) is 10.0. The van der Waals surface area contributed by atoms with Gasteiger partial charge in [-0.15, -0.1) is 0 Å². The number of hydrogen-bond donors (Lipinski definition) is 1. The van der Waals surface area contributed by atoms with Crippen LogP contribution in [0.5, 0.6) is 0 Å². The molecule has 1 aliphatic carbocycles. The van der Waals surface area contributed by atoms with Crippen molar-refractivity contribution < 1.29 is 0 Å². The average Bonchev–Trinajstić information content (AvgIpc) is 2.07. The molecule has 0 bridgehead atoms. The average molecular weight is 196 g/mol. The van der Waals surface area contributed by atoms with Crippen molar-refractivity contribution in [2.75, 3.05) is 26.2 Å². The van der Waals surface area contributed by atoms with Crippen molar-refractivity contribution >= 4 is 0 Å². The summed E-state index contributed by atoms with van der Waals surface area (Å²) in [5, 5.41) is 3.52. The monoisotopic (exact) mass is 196 g/mol. The smallest absolute Gasteiger partial charge is 0.0181 e. The minimum absolute atomic E-state index is 0.561. The summed E-state index contributed by atoms with van der Waals surface area (Å²) < 4.78 is 0. The zero-order valence-electron chi connectivity index (χ0n) is 9.68. The van der Waals surface area contributed by atoms with E-state index in [1.54, 1.807) is 0 Å².